The molecule has 2 N–H and O–H groups in total. The van der Waals surface area contributed by atoms with Crippen molar-refractivity contribution in [3.05, 3.63) is 0 Å². The summed E-state index contributed by atoms with van der Waals surface area (Å²) in [5, 5.41) is 0. The number of carbonyl (C=O) groups is 1. The number of rotatable bonds is 0. The lowest BCUT2D eigenvalue weighted by molar-refractivity contribution is -0.134. The summed E-state index contributed by atoms with van der Waals surface area (Å²) in [5.41, 5.74) is 5.81. The van der Waals surface area contributed by atoms with E-state index in [2.05, 4.69) is 0 Å². The van der Waals surface area contributed by atoms with Gasteiger partial charge in [-0.25, -0.2) is 0 Å². The summed E-state index contributed by atoms with van der Waals surface area (Å²) in [6.07, 6.45) is 6.79. The number of hydrogen-bond donors (Lipinski definition) is 1. The van der Waals surface area contributed by atoms with Crippen LogP contribution in [0.4, 0.5) is 0 Å². The number of nitrogens with two attached hydrogens (primary N) is 1. The van der Waals surface area contributed by atoms with Crippen molar-refractivity contribution in [3.8, 4) is 0 Å². The molecule has 0 bridgehead atoms. The van der Waals surface area contributed by atoms with Crippen LogP contribution in [0.15, 0.2) is 0 Å². The molecule has 2 rings (SSSR count). The zero-order valence-corrected chi connectivity index (χ0v) is 8.04. The third-order valence-electron chi connectivity index (χ3n) is 3.28. The van der Waals surface area contributed by atoms with Gasteiger partial charge in [0.1, 0.15) is 0 Å². The summed E-state index contributed by atoms with van der Waals surface area (Å²) in [4.78, 5) is 13.8. The van der Waals surface area contributed by atoms with Gasteiger partial charge < -0.3 is 10.6 Å². The summed E-state index contributed by atoms with van der Waals surface area (Å²) in [6.45, 7) is 0.942. The summed E-state index contributed by atoms with van der Waals surface area (Å²) < 4.78 is 0. The molecule has 2 atom stereocenters. The highest BCUT2D eigenvalue weighted by Gasteiger charge is 2.32. The minimum Gasteiger partial charge on any atom is -0.338 e. The van der Waals surface area contributed by atoms with Crippen molar-refractivity contribution in [2.45, 2.75) is 50.6 Å². The minimum absolute atomic E-state index is 0.196. The first-order valence-corrected chi connectivity index (χ1v) is 5.35. The van der Waals surface area contributed by atoms with E-state index >= 15 is 0 Å². The molecule has 2 aliphatic rings. The predicted molar refractivity (Wildman–Crippen MR) is 51.2 cm³/mol. The normalized spacial score (nSPS) is 35.5. The largest absolute Gasteiger partial charge is 0.338 e. The predicted octanol–water partition coefficient (Wildman–Crippen LogP) is 0.879. The first kappa shape index (κ1) is 9.00. The summed E-state index contributed by atoms with van der Waals surface area (Å²) >= 11 is 0. The second kappa shape index (κ2) is 3.66. The van der Waals surface area contributed by atoms with Gasteiger partial charge in [0.15, 0.2) is 0 Å². The highest BCUT2D eigenvalue weighted by atomic mass is 16.2. The lowest BCUT2D eigenvalue weighted by Crippen LogP contribution is -2.47. The molecule has 0 spiro atoms. The average molecular weight is 182 g/mol. The van der Waals surface area contributed by atoms with Crippen LogP contribution in [0.2, 0.25) is 0 Å². The second-order valence-corrected chi connectivity index (χ2v) is 4.22. The van der Waals surface area contributed by atoms with E-state index in [9.17, 15) is 4.79 Å². The fourth-order valence-corrected chi connectivity index (χ4v) is 2.51. The van der Waals surface area contributed by atoms with Crippen LogP contribution in [0.5, 0.6) is 0 Å². The van der Waals surface area contributed by atoms with E-state index in [0.717, 1.165) is 19.4 Å². The van der Waals surface area contributed by atoms with E-state index in [0.29, 0.717) is 6.04 Å². The van der Waals surface area contributed by atoms with Gasteiger partial charge in [0, 0.05) is 12.6 Å². The smallest absolute Gasteiger partial charge is 0.239 e. The molecule has 0 aromatic carbocycles. The second-order valence-electron chi connectivity index (χ2n) is 4.22. The van der Waals surface area contributed by atoms with Crippen molar-refractivity contribution in [1.29, 1.82) is 0 Å². The Labute approximate surface area is 79.3 Å². The molecular weight excluding hydrogens is 164 g/mol. The van der Waals surface area contributed by atoms with Crippen LogP contribution in [0.25, 0.3) is 0 Å². The Balaban J connectivity index is 2.08. The lowest BCUT2D eigenvalue weighted by atomic mass is 10.00. The zero-order chi connectivity index (χ0) is 9.26. The first-order chi connectivity index (χ1) is 6.29. The van der Waals surface area contributed by atoms with Crippen LogP contribution in [-0.2, 0) is 4.79 Å². The molecule has 0 radical (unpaired) electrons. The van der Waals surface area contributed by atoms with Gasteiger partial charge in [-0.3, -0.25) is 4.79 Å². The molecule has 0 aromatic heterocycles. The quantitative estimate of drug-likeness (QED) is 0.604. The summed E-state index contributed by atoms with van der Waals surface area (Å²) in [6, 6.07) is 0.291. The van der Waals surface area contributed by atoms with Crippen molar-refractivity contribution < 1.29 is 4.79 Å². The van der Waals surface area contributed by atoms with Crippen molar-refractivity contribution in [2.24, 2.45) is 5.73 Å². The van der Waals surface area contributed by atoms with Gasteiger partial charge in [0.05, 0.1) is 6.04 Å². The van der Waals surface area contributed by atoms with E-state index in [4.69, 9.17) is 5.73 Å². The Morgan fingerprint density at radius 1 is 1.15 bits per heavy atom. The van der Waals surface area contributed by atoms with Crippen molar-refractivity contribution >= 4 is 5.91 Å². The molecule has 1 amide bonds. The molecular formula is C10H18N2O. The average Bonchev–Trinajstić information content (AvgIpc) is 2.56. The Hall–Kier alpha value is -0.570. The van der Waals surface area contributed by atoms with E-state index < -0.39 is 0 Å². The molecule has 74 valence electrons. The van der Waals surface area contributed by atoms with Gasteiger partial charge in [0.25, 0.3) is 0 Å². The molecule has 2 heterocycles. The van der Waals surface area contributed by atoms with Gasteiger partial charge in [-0.15, -0.1) is 0 Å². The maximum atomic E-state index is 11.8. The minimum atomic E-state index is -0.221. The fourth-order valence-electron chi connectivity index (χ4n) is 2.51. The van der Waals surface area contributed by atoms with Crippen molar-refractivity contribution in [3.63, 3.8) is 0 Å². The van der Waals surface area contributed by atoms with Gasteiger partial charge >= 0.3 is 0 Å². The molecule has 3 nitrogen and oxygen atoms in total. The molecule has 2 aliphatic heterocycles. The monoisotopic (exact) mass is 182 g/mol. The lowest BCUT2D eigenvalue weighted by Gasteiger charge is -2.29. The van der Waals surface area contributed by atoms with E-state index in [-0.39, 0.29) is 11.9 Å². The van der Waals surface area contributed by atoms with Gasteiger partial charge in [0.2, 0.25) is 5.91 Å². The third kappa shape index (κ3) is 1.70. The number of fused-ring (bicyclic) bond motifs is 1. The van der Waals surface area contributed by atoms with Crippen LogP contribution in [0.3, 0.4) is 0 Å². The van der Waals surface area contributed by atoms with Gasteiger partial charge in [-0.1, -0.05) is 12.8 Å². The topological polar surface area (TPSA) is 46.3 Å². The maximum absolute atomic E-state index is 11.8. The van der Waals surface area contributed by atoms with E-state index in [1.54, 1.807) is 0 Å². The molecule has 3 heteroatoms. The van der Waals surface area contributed by atoms with Gasteiger partial charge in [-0.05, 0) is 25.7 Å². The number of hydrogen-bond acceptors (Lipinski definition) is 2. The van der Waals surface area contributed by atoms with Crippen LogP contribution < -0.4 is 5.73 Å². The van der Waals surface area contributed by atoms with Crippen molar-refractivity contribution in [1.82, 2.24) is 4.90 Å². The van der Waals surface area contributed by atoms with Crippen LogP contribution in [0, 0.1) is 0 Å². The Kier molecular flexibility index (Phi) is 2.54. The number of amides is 1. The fraction of sp³-hybridized carbons (Fsp3) is 0.900. The highest BCUT2D eigenvalue weighted by molar-refractivity contribution is 5.82. The maximum Gasteiger partial charge on any atom is 0.239 e. The molecule has 2 saturated heterocycles. The summed E-state index contributed by atoms with van der Waals surface area (Å²) in [7, 11) is 0. The standard InChI is InChI=1S/C10H18N2O/c11-9-6-2-1-4-8-5-3-7-12(8)10(9)13/h8-9H,1-7,11H2/t8-,9+/m1/s1. The van der Waals surface area contributed by atoms with Crippen LogP contribution in [0.1, 0.15) is 38.5 Å². The Bertz CT molecular complexity index is 205. The van der Waals surface area contributed by atoms with E-state index in [1.165, 1.54) is 25.7 Å². The Morgan fingerprint density at radius 2 is 1.85 bits per heavy atom. The molecule has 13 heavy (non-hydrogen) atoms. The third-order valence-corrected chi connectivity index (χ3v) is 3.28. The van der Waals surface area contributed by atoms with Crippen LogP contribution >= 0.6 is 0 Å². The van der Waals surface area contributed by atoms with E-state index in [1.807, 2.05) is 4.90 Å². The molecule has 0 saturated carbocycles. The number of nitrogens with zero attached hydrogens (tertiary/aromatic N) is 1. The Morgan fingerprint density at radius 3 is 2.69 bits per heavy atom. The van der Waals surface area contributed by atoms with Crippen LogP contribution in [-0.4, -0.2) is 29.4 Å². The first-order valence-electron chi connectivity index (χ1n) is 5.35. The zero-order valence-electron chi connectivity index (χ0n) is 8.04. The van der Waals surface area contributed by atoms with Crippen molar-refractivity contribution in [2.75, 3.05) is 6.54 Å². The number of carbonyl (C=O) groups excluding carboxylic acids is 1. The SMILES string of the molecule is N[C@H]1CCCC[C@@H]2CCCN2C1=O. The molecule has 0 aliphatic carbocycles. The highest BCUT2D eigenvalue weighted by Crippen LogP contribution is 2.25. The molecule has 2 fully saturated rings. The summed E-state index contributed by atoms with van der Waals surface area (Å²) in [5.74, 6) is 0.196. The van der Waals surface area contributed by atoms with Gasteiger partial charge in [-0.2, -0.15) is 0 Å². The molecule has 0 aromatic rings. The molecule has 0 unspecified atom stereocenters.